The van der Waals surface area contributed by atoms with Gasteiger partial charge in [-0.2, -0.15) is 0 Å². The molecule has 0 radical (unpaired) electrons. The number of fused-ring (bicyclic) bond motifs is 4. The van der Waals surface area contributed by atoms with Gasteiger partial charge in [0.1, 0.15) is 5.75 Å². The first-order valence-electron chi connectivity index (χ1n) is 15.9. The number of allylic oxidation sites excluding steroid dienone is 4. The van der Waals surface area contributed by atoms with Crippen molar-refractivity contribution in [3.8, 4) is 5.75 Å². The number of carbonyl (C=O) groups excluding carboxylic acids is 4. The molecule has 0 spiro atoms. The molecule has 0 bridgehead atoms. The lowest BCUT2D eigenvalue weighted by Gasteiger charge is -2.55. The van der Waals surface area contributed by atoms with Gasteiger partial charge in [0, 0.05) is 26.9 Å². The first-order chi connectivity index (χ1) is 23.2. The predicted octanol–water partition coefficient (Wildman–Crippen LogP) is 7.84. The number of anilines is 1. The van der Waals surface area contributed by atoms with E-state index in [-0.39, 0.29) is 40.6 Å². The minimum Gasteiger partial charge on any atom is -0.508 e. The highest BCUT2D eigenvalue weighted by molar-refractivity contribution is 9.10. The minimum atomic E-state index is -1.39. The van der Waals surface area contributed by atoms with Crippen LogP contribution in [0.5, 0.6) is 5.75 Å². The summed E-state index contributed by atoms with van der Waals surface area (Å²) in [6.07, 6.45) is 4.00. The van der Waals surface area contributed by atoms with E-state index in [2.05, 4.69) is 15.9 Å². The van der Waals surface area contributed by atoms with Crippen molar-refractivity contribution >= 4 is 62.2 Å². The van der Waals surface area contributed by atoms with Crippen molar-refractivity contribution in [1.29, 1.82) is 0 Å². The lowest BCUT2D eigenvalue weighted by molar-refractivity contribution is -0.135. The molecule has 8 heteroatoms. The number of benzene rings is 4. The number of rotatable bonds is 4. The summed E-state index contributed by atoms with van der Waals surface area (Å²) in [5, 5.41) is 10.6. The van der Waals surface area contributed by atoms with Crippen LogP contribution in [0, 0.1) is 23.7 Å². The van der Waals surface area contributed by atoms with Gasteiger partial charge in [0.15, 0.2) is 11.6 Å². The van der Waals surface area contributed by atoms with E-state index in [1.165, 1.54) is 23.1 Å². The predicted molar refractivity (Wildman–Crippen MR) is 186 cm³/mol. The van der Waals surface area contributed by atoms with Gasteiger partial charge < -0.3 is 5.11 Å². The summed E-state index contributed by atoms with van der Waals surface area (Å²) in [4.78, 5) is 59.7. The molecule has 2 amide bonds. The summed E-state index contributed by atoms with van der Waals surface area (Å²) < 4.78 is 0.826. The van der Waals surface area contributed by atoms with Gasteiger partial charge in [-0.25, -0.2) is 0 Å². The SMILES string of the molecule is O=C1C(c2ccccc2)=CC(=O)C2(c3ccccc3)C1CC1C(=CCC3C(=O)N(c4ccc(Br)cc4)C(=O)C31)C2c1ccc(O)cc1Cl. The molecular formula is C40H29BrClNO5. The van der Waals surface area contributed by atoms with E-state index in [1.807, 2.05) is 66.7 Å². The van der Waals surface area contributed by atoms with Crippen LogP contribution in [-0.2, 0) is 24.6 Å². The summed E-state index contributed by atoms with van der Waals surface area (Å²) >= 11 is 10.4. The third-order valence-electron chi connectivity index (χ3n) is 10.8. The number of imide groups is 1. The third-order valence-corrected chi connectivity index (χ3v) is 11.6. The Balaban J connectivity index is 1.36. The van der Waals surface area contributed by atoms with Crippen molar-refractivity contribution in [1.82, 2.24) is 0 Å². The van der Waals surface area contributed by atoms with Crippen LogP contribution in [0.1, 0.15) is 35.4 Å². The highest BCUT2D eigenvalue weighted by Crippen LogP contribution is 2.64. The van der Waals surface area contributed by atoms with E-state index in [1.54, 1.807) is 30.3 Å². The Morgan fingerprint density at radius 2 is 1.50 bits per heavy atom. The number of hydrogen-bond donors (Lipinski definition) is 1. The molecule has 3 aliphatic carbocycles. The zero-order chi connectivity index (χ0) is 33.3. The molecule has 1 N–H and O–H groups in total. The molecule has 8 rings (SSSR count). The zero-order valence-electron chi connectivity index (χ0n) is 25.6. The number of aromatic hydroxyl groups is 1. The van der Waals surface area contributed by atoms with Crippen LogP contribution >= 0.6 is 27.5 Å². The Labute approximate surface area is 290 Å². The van der Waals surface area contributed by atoms with Crippen molar-refractivity contribution in [2.24, 2.45) is 23.7 Å². The monoisotopic (exact) mass is 717 g/mol. The average molecular weight is 719 g/mol. The van der Waals surface area contributed by atoms with E-state index >= 15 is 4.79 Å². The summed E-state index contributed by atoms with van der Waals surface area (Å²) in [5.74, 6) is -4.46. The van der Waals surface area contributed by atoms with Crippen molar-refractivity contribution in [3.05, 3.63) is 147 Å². The maximum atomic E-state index is 15.0. The first-order valence-corrected chi connectivity index (χ1v) is 17.1. The molecular weight excluding hydrogens is 690 g/mol. The van der Waals surface area contributed by atoms with Gasteiger partial charge in [0.2, 0.25) is 11.8 Å². The van der Waals surface area contributed by atoms with Gasteiger partial charge in [0.05, 0.1) is 22.9 Å². The molecule has 4 aromatic carbocycles. The van der Waals surface area contributed by atoms with Crippen LogP contribution in [0.4, 0.5) is 5.69 Å². The molecule has 0 aromatic heterocycles. The summed E-state index contributed by atoms with van der Waals surface area (Å²) in [5.41, 5.74) is 2.17. The summed E-state index contributed by atoms with van der Waals surface area (Å²) in [6.45, 7) is 0. The van der Waals surface area contributed by atoms with Gasteiger partial charge in [-0.05, 0) is 77.9 Å². The average Bonchev–Trinajstić information content (AvgIpc) is 3.36. The minimum absolute atomic E-state index is 0.0295. The summed E-state index contributed by atoms with van der Waals surface area (Å²) in [6, 6.07) is 30.3. The highest BCUT2D eigenvalue weighted by atomic mass is 79.9. The number of ketones is 2. The second-order valence-electron chi connectivity index (χ2n) is 13.0. The second-order valence-corrected chi connectivity index (χ2v) is 14.3. The molecule has 1 saturated carbocycles. The van der Waals surface area contributed by atoms with Gasteiger partial charge in [0.25, 0.3) is 0 Å². The Bertz CT molecular complexity index is 2080. The van der Waals surface area contributed by atoms with Crippen LogP contribution in [0.25, 0.3) is 5.57 Å². The Morgan fingerprint density at radius 1 is 0.812 bits per heavy atom. The summed E-state index contributed by atoms with van der Waals surface area (Å²) in [7, 11) is 0. The molecule has 2 fully saturated rings. The largest absolute Gasteiger partial charge is 0.508 e. The van der Waals surface area contributed by atoms with Crippen molar-refractivity contribution in [2.75, 3.05) is 4.90 Å². The van der Waals surface area contributed by atoms with Crippen LogP contribution in [0.15, 0.2) is 125 Å². The standard InChI is InChI=1S/C40H29BrClNO5/c41-24-11-13-25(14-12-24)43-38(47)29-18-17-27-31(35(29)39(43)48)20-32-37(46)30(22-7-3-1-4-8-22)21-34(45)40(32,23-9-5-2-6-10-23)36(27)28-16-15-26(44)19-33(28)42/h1-17,19,21,29,31-32,35-36,44H,18,20H2. The maximum Gasteiger partial charge on any atom is 0.238 e. The fourth-order valence-corrected chi connectivity index (χ4v) is 9.36. The number of phenolic OH excluding ortho intramolecular Hbond substituents is 1. The molecule has 4 aliphatic rings. The fourth-order valence-electron chi connectivity index (χ4n) is 8.81. The molecule has 48 heavy (non-hydrogen) atoms. The van der Waals surface area contributed by atoms with Crippen LogP contribution in [-0.4, -0.2) is 28.5 Å². The molecule has 238 valence electrons. The van der Waals surface area contributed by atoms with Crippen LogP contribution < -0.4 is 4.90 Å². The molecule has 1 saturated heterocycles. The quantitative estimate of drug-likeness (QED) is 0.172. The van der Waals surface area contributed by atoms with Gasteiger partial charge in [-0.1, -0.05) is 106 Å². The number of halogens is 2. The normalized spacial score (nSPS) is 28.0. The number of amides is 2. The Kier molecular flexibility index (Phi) is 7.38. The molecule has 6 atom stereocenters. The molecule has 1 heterocycles. The van der Waals surface area contributed by atoms with E-state index in [4.69, 9.17) is 11.6 Å². The highest BCUT2D eigenvalue weighted by Gasteiger charge is 2.66. The molecule has 1 aliphatic heterocycles. The zero-order valence-corrected chi connectivity index (χ0v) is 27.9. The van der Waals surface area contributed by atoms with Crippen molar-refractivity contribution in [3.63, 3.8) is 0 Å². The molecule has 6 unspecified atom stereocenters. The topological polar surface area (TPSA) is 91.8 Å². The van der Waals surface area contributed by atoms with Crippen LogP contribution in [0.3, 0.4) is 0 Å². The van der Waals surface area contributed by atoms with Gasteiger partial charge >= 0.3 is 0 Å². The van der Waals surface area contributed by atoms with E-state index in [0.717, 1.165) is 10.0 Å². The van der Waals surface area contributed by atoms with Crippen LogP contribution in [0.2, 0.25) is 5.02 Å². The lowest BCUT2D eigenvalue weighted by Crippen LogP contribution is -2.58. The maximum absolute atomic E-state index is 15.0. The van der Waals surface area contributed by atoms with Gasteiger partial charge in [-0.3, -0.25) is 24.1 Å². The third kappa shape index (κ3) is 4.44. The second kappa shape index (κ2) is 11.5. The van der Waals surface area contributed by atoms with Gasteiger partial charge in [-0.15, -0.1) is 0 Å². The Hall–Kier alpha value is -4.59. The first kappa shape index (κ1) is 30.7. The number of nitrogens with zero attached hydrogens (tertiary/aromatic N) is 1. The van der Waals surface area contributed by atoms with Crippen molar-refractivity contribution < 1.29 is 24.3 Å². The van der Waals surface area contributed by atoms with E-state index in [9.17, 15) is 19.5 Å². The lowest BCUT2D eigenvalue weighted by atomic mass is 9.44. The number of Topliss-reactive ketones (excluding diaryl/α,β-unsaturated/α-hetero) is 1. The number of phenols is 1. The number of hydrogen-bond acceptors (Lipinski definition) is 5. The molecule has 4 aromatic rings. The van der Waals surface area contributed by atoms with E-state index < -0.39 is 35.0 Å². The smallest absolute Gasteiger partial charge is 0.238 e. The number of carbonyl (C=O) groups is 4. The molecule has 6 nitrogen and oxygen atoms in total. The fraction of sp³-hybridized carbons (Fsp3) is 0.200. The van der Waals surface area contributed by atoms with Crippen molar-refractivity contribution in [2.45, 2.75) is 24.2 Å². The van der Waals surface area contributed by atoms with E-state index in [0.29, 0.717) is 34.4 Å². The Morgan fingerprint density at radius 3 is 2.19 bits per heavy atom.